The summed E-state index contributed by atoms with van der Waals surface area (Å²) in [4.78, 5) is 12.1. The van der Waals surface area contributed by atoms with Gasteiger partial charge >= 0.3 is 0 Å². The summed E-state index contributed by atoms with van der Waals surface area (Å²) in [5.74, 6) is 0.874. The number of carbonyl (C=O) groups excluding carboxylic acids is 1. The average Bonchev–Trinajstić information content (AvgIpc) is 3.04. The van der Waals surface area contributed by atoms with Crippen LogP contribution in [0, 0.1) is 6.92 Å². The Morgan fingerprint density at radius 3 is 2.79 bits per heavy atom. The van der Waals surface area contributed by atoms with Gasteiger partial charge < -0.3 is 9.73 Å². The molecule has 0 bridgehead atoms. The number of rotatable bonds is 5. The van der Waals surface area contributed by atoms with Gasteiger partial charge in [-0.2, -0.15) is 0 Å². The van der Waals surface area contributed by atoms with Crippen LogP contribution in [0.4, 0.5) is 0 Å². The lowest BCUT2D eigenvalue weighted by Crippen LogP contribution is -2.25. The molecule has 0 atom stereocenters. The number of aromatic nitrogens is 2. The lowest BCUT2D eigenvalue weighted by Gasteiger charge is -2.04. The smallest absolute Gasteiger partial charge is 0.251 e. The maximum absolute atomic E-state index is 12.1. The molecule has 0 radical (unpaired) electrons. The lowest BCUT2D eigenvalue weighted by atomic mass is 10.1. The number of nitrogens with zero attached hydrogens (tertiary/aromatic N) is 2. The number of benzene rings is 2. The molecule has 0 fully saturated rings. The van der Waals surface area contributed by atoms with E-state index in [0.717, 1.165) is 15.6 Å². The van der Waals surface area contributed by atoms with Crippen molar-refractivity contribution in [3.63, 3.8) is 0 Å². The molecule has 0 saturated heterocycles. The largest absolute Gasteiger partial charge is 0.421 e. The second-order valence-electron chi connectivity index (χ2n) is 5.33. The molecular weight excluding hydrogens is 370 g/mol. The molecule has 24 heavy (non-hydrogen) atoms. The Labute approximate surface area is 148 Å². The van der Waals surface area contributed by atoms with E-state index in [1.165, 1.54) is 0 Å². The standard InChI is InChI=1S/C18H16BrN3O2/c1-12-5-2-3-8-15(12)18-22-21-16(24-18)9-10-20-17(23)13-6-4-7-14(19)11-13/h2-8,11H,9-10H2,1H3,(H,20,23). The Kier molecular flexibility index (Phi) is 5.05. The van der Waals surface area contributed by atoms with Crippen molar-refractivity contribution in [2.45, 2.75) is 13.3 Å². The molecule has 2 aromatic carbocycles. The first kappa shape index (κ1) is 16.4. The summed E-state index contributed by atoms with van der Waals surface area (Å²) in [6.07, 6.45) is 0.485. The predicted octanol–water partition coefficient (Wildman–Crippen LogP) is 3.78. The van der Waals surface area contributed by atoms with Gasteiger partial charge in [-0.15, -0.1) is 10.2 Å². The summed E-state index contributed by atoms with van der Waals surface area (Å²) in [6, 6.07) is 15.1. The quantitative estimate of drug-likeness (QED) is 0.725. The van der Waals surface area contributed by atoms with E-state index in [4.69, 9.17) is 4.42 Å². The summed E-state index contributed by atoms with van der Waals surface area (Å²) < 4.78 is 6.55. The summed E-state index contributed by atoms with van der Waals surface area (Å²) in [5.41, 5.74) is 2.61. The number of hydrogen-bond donors (Lipinski definition) is 1. The fourth-order valence-corrected chi connectivity index (χ4v) is 2.69. The van der Waals surface area contributed by atoms with Crippen LogP contribution in [0.25, 0.3) is 11.5 Å². The van der Waals surface area contributed by atoms with Crippen molar-refractivity contribution in [3.8, 4) is 11.5 Å². The molecule has 0 spiro atoms. The number of hydrogen-bond acceptors (Lipinski definition) is 4. The van der Waals surface area contributed by atoms with Crippen molar-refractivity contribution in [2.75, 3.05) is 6.54 Å². The van der Waals surface area contributed by atoms with Gasteiger partial charge in [-0.3, -0.25) is 4.79 Å². The van der Waals surface area contributed by atoms with E-state index in [9.17, 15) is 4.79 Å². The molecule has 1 heterocycles. The SMILES string of the molecule is Cc1ccccc1-c1nnc(CCNC(=O)c2cccc(Br)c2)o1. The van der Waals surface area contributed by atoms with Crippen LogP contribution in [0.1, 0.15) is 21.8 Å². The van der Waals surface area contributed by atoms with Crippen molar-refractivity contribution in [1.82, 2.24) is 15.5 Å². The Balaban J connectivity index is 1.58. The van der Waals surface area contributed by atoms with Crippen LogP contribution in [0.5, 0.6) is 0 Å². The first-order valence-corrected chi connectivity index (χ1v) is 8.35. The van der Waals surface area contributed by atoms with Crippen molar-refractivity contribution >= 4 is 21.8 Å². The minimum atomic E-state index is -0.130. The molecule has 1 N–H and O–H groups in total. The molecule has 1 aromatic heterocycles. The Morgan fingerprint density at radius 2 is 2.00 bits per heavy atom. The highest BCUT2D eigenvalue weighted by atomic mass is 79.9. The molecule has 3 aromatic rings. The molecule has 5 nitrogen and oxygen atoms in total. The topological polar surface area (TPSA) is 68.0 Å². The predicted molar refractivity (Wildman–Crippen MR) is 94.7 cm³/mol. The summed E-state index contributed by atoms with van der Waals surface area (Å²) >= 11 is 3.35. The van der Waals surface area contributed by atoms with Crippen LogP contribution in [-0.4, -0.2) is 22.6 Å². The van der Waals surface area contributed by atoms with Crippen LogP contribution in [0.15, 0.2) is 57.4 Å². The van der Waals surface area contributed by atoms with Gasteiger partial charge in [0.2, 0.25) is 11.8 Å². The van der Waals surface area contributed by atoms with E-state index in [0.29, 0.717) is 30.3 Å². The zero-order valence-electron chi connectivity index (χ0n) is 13.1. The van der Waals surface area contributed by atoms with Crippen molar-refractivity contribution in [2.24, 2.45) is 0 Å². The summed E-state index contributed by atoms with van der Waals surface area (Å²) in [7, 11) is 0. The second-order valence-corrected chi connectivity index (χ2v) is 6.25. The van der Waals surface area contributed by atoms with Crippen LogP contribution >= 0.6 is 15.9 Å². The minimum absolute atomic E-state index is 0.130. The van der Waals surface area contributed by atoms with Crippen LogP contribution < -0.4 is 5.32 Å². The van der Waals surface area contributed by atoms with Crippen LogP contribution in [0.2, 0.25) is 0 Å². The van der Waals surface area contributed by atoms with E-state index in [1.54, 1.807) is 12.1 Å². The van der Waals surface area contributed by atoms with E-state index < -0.39 is 0 Å². The maximum Gasteiger partial charge on any atom is 0.251 e. The number of halogens is 1. The van der Waals surface area contributed by atoms with Gasteiger partial charge in [0.1, 0.15) is 0 Å². The van der Waals surface area contributed by atoms with E-state index >= 15 is 0 Å². The lowest BCUT2D eigenvalue weighted by molar-refractivity contribution is 0.0953. The van der Waals surface area contributed by atoms with Crippen molar-refractivity contribution in [1.29, 1.82) is 0 Å². The monoisotopic (exact) mass is 385 g/mol. The Bertz CT molecular complexity index is 861. The third-order valence-electron chi connectivity index (χ3n) is 3.55. The molecule has 1 amide bonds. The number of aryl methyl sites for hydroxylation is 1. The molecule has 0 aliphatic rings. The zero-order chi connectivity index (χ0) is 16.9. The summed E-state index contributed by atoms with van der Waals surface area (Å²) in [5, 5.41) is 11.0. The highest BCUT2D eigenvalue weighted by molar-refractivity contribution is 9.10. The first-order chi connectivity index (χ1) is 11.6. The first-order valence-electron chi connectivity index (χ1n) is 7.55. The normalized spacial score (nSPS) is 10.6. The fraction of sp³-hybridized carbons (Fsp3) is 0.167. The highest BCUT2D eigenvalue weighted by Crippen LogP contribution is 2.21. The maximum atomic E-state index is 12.1. The van der Waals surface area contributed by atoms with Gasteiger partial charge in [0.15, 0.2) is 0 Å². The van der Waals surface area contributed by atoms with Gasteiger partial charge in [-0.05, 0) is 36.8 Å². The fourth-order valence-electron chi connectivity index (χ4n) is 2.29. The number of carbonyl (C=O) groups is 1. The van der Waals surface area contributed by atoms with Gasteiger partial charge in [-0.25, -0.2) is 0 Å². The van der Waals surface area contributed by atoms with Gasteiger partial charge in [0.25, 0.3) is 5.91 Å². The molecule has 6 heteroatoms. The van der Waals surface area contributed by atoms with Crippen molar-refractivity contribution in [3.05, 3.63) is 70.0 Å². The third-order valence-corrected chi connectivity index (χ3v) is 4.05. The highest BCUT2D eigenvalue weighted by Gasteiger charge is 2.11. The Hall–Kier alpha value is -2.47. The average molecular weight is 386 g/mol. The Morgan fingerprint density at radius 1 is 1.17 bits per heavy atom. The molecule has 3 rings (SSSR count). The molecule has 0 unspecified atom stereocenters. The minimum Gasteiger partial charge on any atom is -0.421 e. The molecule has 0 saturated carbocycles. The van der Waals surface area contributed by atoms with Gasteiger partial charge in [0, 0.05) is 28.6 Å². The zero-order valence-corrected chi connectivity index (χ0v) is 14.7. The number of nitrogens with one attached hydrogen (secondary N) is 1. The van der Waals surface area contributed by atoms with Crippen LogP contribution in [-0.2, 0) is 6.42 Å². The van der Waals surface area contributed by atoms with E-state index in [2.05, 4.69) is 31.4 Å². The van der Waals surface area contributed by atoms with Crippen LogP contribution in [0.3, 0.4) is 0 Å². The van der Waals surface area contributed by atoms with Crippen molar-refractivity contribution < 1.29 is 9.21 Å². The molecule has 122 valence electrons. The van der Waals surface area contributed by atoms with Gasteiger partial charge in [0.05, 0.1) is 0 Å². The van der Waals surface area contributed by atoms with E-state index in [1.807, 2.05) is 43.3 Å². The molecule has 0 aliphatic heterocycles. The number of amides is 1. The third kappa shape index (κ3) is 3.89. The second kappa shape index (κ2) is 7.40. The van der Waals surface area contributed by atoms with Gasteiger partial charge in [-0.1, -0.05) is 40.2 Å². The molecular formula is C18H16BrN3O2. The van der Waals surface area contributed by atoms with E-state index in [-0.39, 0.29) is 5.91 Å². The molecule has 0 aliphatic carbocycles. The summed E-state index contributed by atoms with van der Waals surface area (Å²) in [6.45, 7) is 2.43.